The maximum absolute atomic E-state index is 11.8. The summed E-state index contributed by atoms with van der Waals surface area (Å²) in [5, 5.41) is 20.3. The minimum atomic E-state index is -1.19. The molecule has 0 radical (unpaired) electrons. The van der Waals surface area contributed by atoms with Gasteiger partial charge in [-0.2, -0.15) is 0 Å². The molecule has 0 unspecified atom stereocenters. The Labute approximate surface area is 124 Å². The molecule has 0 atom stereocenters. The first kappa shape index (κ1) is 14.6. The van der Waals surface area contributed by atoms with Crippen molar-refractivity contribution < 1.29 is 45.5 Å². The first-order valence-corrected chi connectivity index (χ1v) is 7.69. The molecule has 0 amide bonds. The van der Waals surface area contributed by atoms with E-state index in [0.29, 0.717) is 0 Å². The van der Waals surface area contributed by atoms with Crippen LogP contribution in [-0.2, 0) is 14.3 Å². The Balaban J connectivity index is 2.21. The number of non-ortho nitro benzene ring substituents is 1. The molecule has 1 aliphatic rings. The van der Waals surface area contributed by atoms with Crippen molar-refractivity contribution in [2.75, 3.05) is 0 Å². The van der Waals surface area contributed by atoms with Gasteiger partial charge in [-0.1, -0.05) is 0 Å². The third kappa shape index (κ3) is 3.18. The quantitative estimate of drug-likeness (QED) is 0.303. The summed E-state index contributed by atoms with van der Waals surface area (Å²) in [6.45, 7) is 3.03. The zero-order valence-electron chi connectivity index (χ0n) is 10.6. The van der Waals surface area contributed by atoms with Crippen LogP contribution in [0.15, 0.2) is 33.8 Å². The normalized spacial score (nSPS) is 17.4. The Morgan fingerprint density at radius 1 is 1.25 bits per heavy atom. The topological polar surface area (TPSA) is 98.9 Å². The van der Waals surface area contributed by atoms with Gasteiger partial charge in [0.1, 0.15) is 0 Å². The fourth-order valence-electron chi connectivity index (χ4n) is 1.47. The van der Waals surface area contributed by atoms with Crippen molar-refractivity contribution in [1.82, 2.24) is 0 Å². The fraction of sp³-hybridized carbons (Fsp3) is 0.250. The summed E-state index contributed by atoms with van der Waals surface area (Å²) in [5.41, 5.74) is -0.0282. The van der Waals surface area contributed by atoms with E-state index in [4.69, 9.17) is 9.47 Å². The highest BCUT2D eigenvalue weighted by molar-refractivity contribution is 5.86. The van der Waals surface area contributed by atoms with Gasteiger partial charge in [-0.3, -0.25) is 10.1 Å². The molecule has 0 aromatic heterocycles. The lowest BCUT2D eigenvalue weighted by Gasteiger charge is -2.27. The number of ether oxygens (including phenoxy) is 2. The van der Waals surface area contributed by atoms with Crippen LogP contribution >= 0.6 is 0 Å². The third-order valence-corrected chi connectivity index (χ3v) is 5.07. The Bertz CT molecular complexity index is 592. The number of nitro groups is 1. The highest BCUT2D eigenvalue weighted by Gasteiger charge is 2.44. The standard InChI is InChI=1S/C12H10INO6/c1-12(2)19-10(15)9(11(16)20-12)13-7-3-5-8(6-4-7)14(17)18/h3-6H,1-2H3/p+1. The van der Waals surface area contributed by atoms with Crippen LogP contribution in [0.2, 0.25) is 0 Å². The third-order valence-electron chi connectivity index (χ3n) is 2.29. The molecule has 106 valence electrons. The molecule has 8 heteroatoms. The van der Waals surface area contributed by atoms with Gasteiger partial charge in [-0.25, -0.2) is 4.79 Å². The molecule has 0 spiro atoms. The lowest BCUT2D eigenvalue weighted by Crippen LogP contribution is -3.61. The molecule has 1 aromatic rings. The molecule has 0 bridgehead atoms. The summed E-state index contributed by atoms with van der Waals surface area (Å²) >= 11 is -1.04. The largest absolute Gasteiger partial charge is 0.477 e. The van der Waals surface area contributed by atoms with Crippen LogP contribution in [0.3, 0.4) is 0 Å². The number of nitro benzene ring substituents is 1. The van der Waals surface area contributed by atoms with Gasteiger partial charge < -0.3 is 14.6 Å². The predicted octanol–water partition coefficient (Wildman–Crippen LogP) is -1.11. The molecule has 2 rings (SSSR count). The van der Waals surface area contributed by atoms with E-state index < -0.39 is 43.8 Å². The number of hydrogen-bond donors (Lipinski definition) is 1. The fourth-order valence-corrected chi connectivity index (χ4v) is 3.48. The van der Waals surface area contributed by atoms with Crippen molar-refractivity contribution in [3.8, 4) is 0 Å². The minimum Gasteiger partial charge on any atom is -0.477 e. The van der Waals surface area contributed by atoms with Gasteiger partial charge in [0.15, 0.2) is 3.57 Å². The minimum absolute atomic E-state index is 0.0282. The number of cyclic esters (lactones) is 1. The van der Waals surface area contributed by atoms with E-state index in [1.54, 1.807) is 12.1 Å². The lowest BCUT2D eigenvalue weighted by molar-refractivity contribution is -0.578. The molecule has 1 aliphatic heterocycles. The van der Waals surface area contributed by atoms with Crippen LogP contribution in [0.4, 0.5) is 5.69 Å². The molecule has 0 fully saturated rings. The van der Waals surface area contributed by atoms with Crippen molar-refractivity contribution in [3.63, 3.8) is 0 Å². The first-order valence-electron chi connectivity index (χ1n) is 5.53. The van der Waals surface area contributed by atoms with E-state index in [0.717, 1.165) is 3.57 Å². The second-order valence-electron chi connectivity index (χ2n) is 4.34. The number of esters is 1. The predicted molar refractivity (Wildman–Crippen MR) is 62.7 cm³/mol. The number of carbonyl (C=O) groups excluding carboxylic acids is 1. The van der Waals surface area contributed by atoms with Crippen LogP contribution in [0.1, 0.15) is 13.8 Å². The van der Waals surface area contributed by atoms with E-state index in [-0.39, 0.29) is 9.27 Å². The SMILES string of the molecule is CC1(C)OC(=O)C([I+]c2ccc([N+](=O)[O-])cc2)=C(O)O1. The molecule has 1 aromatic carbocycles. The van der Waals surface area contributed by atoms with E-state index in [1.165, 1.54) is 26.0 Å². The Kier molecular flexibility index (Phi) is 3.84. The molecule has 1 heterocycles. The zero-order valence-corrected chi connectivity index (χ0v) is 12.8. The van der Waals surface area contributed by atoms with Gasteiger partial charge in [-0.05, 0) is 12.1 Å². The van der Waals surface area contributed by atoms with Crippen molar-refractivity contribution in [3.05, 3.63) is 47.5 Å². The second-order valence-corrected chi connectivity index (χ2v) is 7.20. The number of halogens is 1. The molecule has 20 heavy (non-hydrogen) atoms. The molecule has 0 aliphatic carbocycles. The Morgan fingerprint density at radius 2 is 1.85 bits per heavy atom. The van der Waals surface area contributed by atoms with Crippen LogP contribution < -0.4 is 21.2 Å². The van der Waals surface area contributed by atoms with Gasteiger partial charge >= 0.3 is 36.7 Å². The molecular formula is C12H11INO6+. The van der Waals surface area contributed by atoms with Crippen LogP contribution in [-0.4, -0.2) is 21.8 Å². The average molecular weight is 392 g/mol. The van der Waals surface area contributed by atoms with Crippen molar-refractivity contribution in [1.29, 1.82) is 0 Å². The Morgan fingerprint density at radius 3 is 2.35 bits per heavy atom. The first-order chi connectivity index (χ1) is 9.28. The summed E-state index contributed by atoms with van der Waals surface area (Å²) < 4.78 is 11.0. The maximum atomic E-state index is 11.8. The highest BCUT2D eigenvalue weighted by Crippen LogP contribution is 2.21. The zero-order chi connectivity index (χ0) is 14.9. The number of rotatable bonds is 3. The number of benzene rings is 1. The summed E-state index contributed by atoms with van der Waals surface area (Å²) in [5.74, 6) is -2.24. The summed E-state index contributed by atoms with van der Waals surface area (Å²) in [6.07, 6.45) is 0. The van der Waals surface area contributed by atoms with Crippen molar-refractivity contribution >= 4 is 11.7 Å². The van der Waals surface area contributed by atoms with E-state index in [1.807, 2.05) is 0 Å². The van der Waals surface area contributed by atoms with Gasteiger partial charge in [0.25, 0.3) is 11.5 Å². The molecule has 0 saturated carbocycles. The number of carbonyl (C=O) groups is 1. The van der Waals surface area contributed by atoms with Crippen molar-refractivity contribution in [2.24, 2.45) is 0 Å². The monoisotopic (exact) mass is 392 g/mol. The highest BCUT2D eigenvalue weighted by atomic mass is 127. The van der Waals surface area contributed by atoms with Gasteiger partial charge in [-0.15, -0.1) is 0 Å². The number of nitrogens with zero attached hydrogens (tertiary/aromatic N) is 1. The van der Waals surface area contributed by atoms with E-state index in [2.05, 4.69) is 0 Å². The number of hydrogen-bond acceptors (Lipinski definition) is 6. The van der Waals surface area contributed by atoms with Gasteiger partial charge in [0, 0.05) is 26.0 Å². The molecule has 1 N–H and O–H groups in total. The lowest BCUT2D eigenvalue weighted by atomic mass is 10.3. The smallest absolute Gasteiger partial charge is 0.396 e. The van der Waals surface area contributed by atoms with Gasteiger partial charge in [0.05, 0.1) is 4.92 Å². The maximum Gasteiger partial charge on any atom is 0.396 e. The van der Waals surface area contributed by atoms with E-state index >= 15 is 0 Å². The van der Waals surface area contributed by atoms with Crippen LogP contribution in [0.5, 0.6) is 0 Å². The number of aliphatic hydroxyl groups excluding tert-OH is 1. The van der Waals surface area contributed by atoms with Crippen LogP contribution in [0.25, 0.3) is 0 Å². The molecule has 0 saturated heterocycles. The Hall–Kier alpha value is -1.84. The molecular weight excluding hydrogens is 381 g/mol. The molecule has 7 nitrogen and oxygen atoms in total. The van der Waals surface area contributed by atoms with E-state index in [9.17, 15) is 20.0 Å². The number of aliphatic hydroxyl groups is 1. The second kappa shape index (κ2) is 5.27. The van der Waals surface area contributed by atoms with Gasteiger partial charge in [0.2, 0.25) is 0 Å². The van der Waals surface area contributed by atoms with Crippen LogP contribution in [0, 0.1) is 13.7 Å². The van der Waals surface area contributed by atoms with Crippen molar-refractivity contribution in [2.45, 2.75) is 19.6 Å². The summed E-state index contributed by atoms with van der Waals surface area (Å²) in [7, 11) is 0. The summed E-state index contributed by atoms with van der Waals surface area (Å²) in [4.78, 5) is 21.8. The average Bonchev–Trinajstić information content (AvgIpc) is 2.33. The summed E-state index contributed by atoms with van der Waals surface area (Å²) in [6, 6.07) is 5.81.